The van der Waals surface area contributed by atoms with Gasteiger partial charge in [0.15, 0.2) is 0 Å². The van der Waals surface area contributed by atoms with Crippen molar-refractivity contribution in [1.82, 2.24) is 0 Å². The van der Waals surface area contributed by atoms with Gasteiger partial charge in [-0.05, 0) is 0 Å². The van der Waals surface area contributed by atoms with Gasteiger partial charge >= 0.3 is 18.5 Å². The molecule has 0 saturated heterocycles. The Morgan fingerprint density at radius 1 is 1.38 bits per heavy atom. The highest BCUT2D eigenvalue weighted by Crippen LogP contribution is 2.06. The van der Waals surface area contributed by atoms with Gasteiger partial charge in [-0.2, -0.15) is 4.39 Å². The van der Waals surface area contributed by atoms with Crippen LogP contribution in [0.4, 0.5) is 4.39 Å². The molecule has 0 radical (unpaired) electrons. The number of nitro groups is 2. The Morgan fingerprint density at radius 3 is 2.00 bits per heavy atom. The average molecular weight is 196 g/mol. The van der Waals surface area contributed by atoms with E-state index in [0.29, 0.717) is 0 Å². The highest BCUT2D eigenvalue weighted by Gasteiger charge is 2.45. The van der Waals surface area contributed by atoms with Crippen LogP contribution in [0.1, 0.15) is 6.92 Å². The number of ether oxygens (including phenoxy) is 1. The molecule has 1 atom stereocenters. The topological polar surface area (TPSA) is 113 Å². The molecule has 0 aliphatic rings. The number of esters is 1. The summed E-state index contributed by atoms with van der Waals surface area (Å²) >= 11 is 0. The van der Waals surface area contributed by atoms with E-state index < -0.39 is 28.3 Å². The number of halogens is 1. The summed E-state index contributed by atoms with van der Waals surface area (Å²) in [7, 11) is 0. The van der Waals surface area contributed by atoms with Crippen molar-refractivity contribution in [1.29, 1.82) is 0 Å². The first kappa shape index (κ1) is 11.2. The lowest BCUT2D eigenvalue weighted by Crippen LogP contribution is -2.40. The maximum atomic E-state index is 12.5. The quantitative estimate of drug-likeness (QED) is 0.264. The summed E-state index contributed by atoms with van der Waals surface area (Å²) < 4.78 is 16.1. The molecule has 0 aliphatic carbocycles. The zero-order valence-electron chi connectivity index (χ0n) is 6.38. The first-order valence-corrected chi connectivity index (χ1v) is 2.94. The van der Waals surface area contributed by atoms with Crippen LogP contribution in [0.2, 0.25) is 0 Å². The standard InChI is InChI=1S/C4H5FN2O6/c1-2(8)13-3(5)4(6(9)10)7(11)12/h3-4H,1H3. The van der Waals surface area contributed by atoms with Gasteiger partial charge in [0.25, 0.3) is 0 Å². The fraction of sp³-hybridized carbons (Fsp3) is 0.750. The van der Waals surface area contributed by atoms with Crippen molar-refractivity contribution in [3.8, 4) is 0 Å². The second-order valence-corrected chi connectivity index (χ2v) is 1.94. The molecule has 13 heavy (non-hydrogen) atoms. The Kier molecular flexibility index (Phi) is 3.69. The predicted octanol–water partition coefficient (Wildman–Crippen LogP) is -0.275. The molecular weight excluding hydrogens is 191 g/mol. The van der Waals surface area contributed by atoms with Crippen LogP contribution in [0.3, 0.4) is 0 Å². The van der Waals surface area contributed by atoms with Crippen molar-refractivity contribution >= 4 is 5.97 Å². The molecule has 0 fully saturated rings. The molecule has 0 bridgehead atoms. The van der Waals surface area contributed by atoms with Gasteiger partial charge in [0.2, 0.25) is 0 Å². The minimum Gasteiger partial charge on any atom is -0.418 e. The Balaban J connectivity index is 4.46. The number of rotatable bonds is 4. The van der Waals surface area contributed by atoms with Crippen LogP contribution < -0.4 is 0 Å². The molecule has 8 nitrogen and oxygen atoms in total. The van der Waals surface area contributed by atoms with E-state index in [-0.39, 0.29) is 0 Å². The van der Waals surface area contributed by atoms with E-state index in [0.717, 1.165) is 6.92 Å². The van der Waals surface area contributed by atoms with Crippen molar-refractivity contribution in [2.75, 3.05) is 0 Å². The molecule has 0 aromatic carbocycles. The van der Waals surface area contributed by atoms with Crippen LogP contribution in [-0.4, -0.2) is 28.3 Å². The van der Waals surface area contributed by atoms with Gasteiger partial charge in [-0.15, -0.1) is 0 Å². The van der Waals surface area contributed by atoms with Crippen molar-refractivity contribution in [2.45, 2.75) is 19.4 Å². The fourth-order valence-electron chi connectivity index (χ4n) is 0.488. The minimum atomic E-state index is -2.87. The molecule has 0 aliphatic heterocycles. The molecule has 0 saturated carbocycles. The van der Waals surface area contributed by atoms with Gasteiger partial charge in [0.1, 0.15) is 9.85 Å². The molecule has 0 heterocycles. The van der Waals surface area contributed by atoms with Crippen LogP contribution in [0.15, 0.2) is 0 Å². The summed E-state index contributed by atoms with van der Waals surface area (Å²) in [5, 5.41) is 19.8. The normalized spacial score (nSPS) is 12.2. The first-order chi connectivity index (χ1) is 5.86. The van der Waals surface area contributed by atoms with Crippen LogP contribution in [0.5, 0.6) is 0 Å². The van der Waals surface area contributed by atoms with Gasteiger partial charge in [0.05, 0.1) is 0 Å². The molecular formula is C4H5FN2O6. The van der Waals surface area contributed by atoms with E-state index in [1.165, 1.54) is 0 Å². The Morgan fingerprint density at radius 2 is 1.77 bits per heavy atom. The summed E-state index contributed by atoms with van der Waals surface area (Å²) in [4.78, 5) is 26.9. The number of alkyl halides is 1. The predicted molar refractivity (Wildman–Crippen MR) is 34.4 cm³/mol. The zero-order valence-corrected chi connectivity index (χ0v) is 6.38. The largest absolute Gasteiger partial charge is 0.515 e. The Bertz CT molecular complexity index is 229. The summed E-state index contributed by atoms with van der Waals surface area (Å²) in [5.41, 5.74) is 0. The number of hydrogen-bond acceptors (Lipinski definition) is 6. The van der Waals surface area contributed by atoms with Gasteiger partial charge in [-0.3, -0.25) is 25.0 Å². The third kappa shape index (κ3) is 3.40. The molecule has 0 aromatic rings. The monoisotopic (exact) mass is 196 g/mol. The van der Waals surface area contributed by atoms with Crippen molar-refractivity contribution < 1.29 is 23.8 Å². The zero-order chi connectivity index (χ0) is 10.6. The smallest absolute Gasteiger partial charge is 0.418 e. The highest BCUT2D eigenvalue weighted by molar-refractivity contribution is 5.66. The van der Waals surface area contributed by atoms with Gasteiger partial charge in [0, 0.05) is 6.92 Å². The van der Waals surface area contributed by atoms with Crippen LogP contribution in [-0.2, 0) is 9.53 Å². The van der Waals surface area contributed by atoms with E-state index in [1.807, 2.05) is 0 Å². The number of carbonyl (C=O) groups excluding carboxylic acids is 1. The summed E-state index contributed by atoms with van der Waals surface area (Å²) in [6, 6.07) is 0. The molecule has 0 amide bonds. The third-order valence-corrected chi connectivity index (χ3v) is 0.945. The SMILES string of the molecule is CC(=O)OC(F)C([N+](=O)[O-])[N+](=O)[O-]. The van der Waals surface area contributed by atoms with E-state index >= 15 is 0 Å². The van der Waals surface area contributed by atoms with Crippen LogP contribution in [0.25, 0.3) is 0 Å². The van der Waals surface area contributed by atoms with E-state index in [1.54, 1.807) is 0 Å². The van der Waals surface area contributed by atoms with Crippen molar-refractivity contribution in [3.63, 3.8) is 0 Å². The first-order valence-electron chi connectivity index (χ1n) is 2.94. The van der Waals surface area contributed by atoms with Crippen LogP contribution in [0, 0.1) is 20.2 Å². The number of carbonyl (C=O) groups is 1. The number of hydrogen-bond donors (Lipinski definition) is 0. The lowest BCUT2D eigenvalue weighted by molar-refractivity contribution is -0.756. The van der Waals surface area contributed by atoms with Crippen molar-refractivity contribution in [2.24, 2.45) is 0 Å². The second-order valence-electron chi connectivity index (χ2n) is 1.94. The maximum Gasteiger partial charge on any atom is 0.515 e. The summed E-state index contributed by atoms with van der Waals surface area (Å²) in [6.07, 6.45) is -5.65. The molecule has 0 spiro atoms. The highest BCUT2D eigenvalue weighted by atomic mass is 19.1. The maximum absolute atomic E-state index is 12.5. The fourth-order valence-corrected chi connectivity index (χ4v) is 0.488. The lowest BCUT2D eigenvalue weighted by atomic mass is 10.5. The van der Waals surface area contributed by atoms with E-state index in [2.05, 4.69) is 4.74 Å². The molecule has 0 N–H and O–H groups in total. The van der Waals surface area contributed by atoms with Gasteiger partial charge in [-0.25, -0.2) is 0 Å². The third-order valence-electron chi connectivity index (χ3n) is 0.945. The summed E-state index contributed by atoms with van der Waals surface area (Å²) in [6.45, 7) is 0.781. The Hall–Kier alpha value is -1.80. The molecule has 74 valence electrons. The van der Waals surface area contributed by atoms with E-state index in [9.17, 15) is 29.4 Å². The molecule has 9 heteroatoms. The summed E-state index contributed by atoms with van der Waals surface area (Å²) in [5.74, 6) is -1.17. The lowest BCUT2D eigenvalue weighted by Gasteiger charge is -2.06. The van der Waals surface area contributed by atoms with Gasteiger partial charge in [-0.1, -0.05) is 0 Å². The Labute approximate surface area is 70.6 Å². The van der Waals surface area contributed by atoms with Crippen molar-refractivity contribution in [3.05, 3.63) is 20.2 Å². The second kappa shape index (κ2) is 4.28. The van der Waals surface area contributed by atoms with Gasteiger partial charge < -0.3 is 4.74 Å². The molecule has 0 aromatic heterocycles. The number of nitrogens with zero attached hydrogens (tertiary/aromatic N) is 2. The van der Waals surface area contributed by atoms with Crippen LogP contribution >= 0.6 is 0 Å². The van der Waals surface area contributed by atoms with E-state index in [4.69, 9.17) is 0 Å². The minimum absolute atomic E-state index is 0.781. The molecule has 0 rings (SSSR count). The average Bonchev–Trinajstić information content (AvgIpc) is 1.81. The molecule has 1 unspecified atom stereocenters.